The van der Waals surface area contributed by atoms with E-state index in [1.165, 1.54) is 5.56 Å². The summed E-state index contributed by atoms with van der Waals surface area (Å²) in [5.74, 6) is -0.0891. The molecule has 158 valence electrons. The van der Waals surface area contributed by atoms with Gasteiger partial charge in [0.25, 0.3) is 5.91 Å². The van der Waals surface area contributed by atoms with Crippen molar-refractivity contribution in [3.8, 4) is 0 Å². The van der Waals surface area contributed by atoms with Crippen molar-refractivity contribution in [1.82, 2.24) is 19.7 Å². The normalized spacial score (nSPS) is 11.1. The van der Waals surface area contributed by atoms with Gasteiger partial charge in [0.15, 0.2) is 10.8 Å². The third-order valence-corrected chi connectivity index (χ3v) is 6.34. The molecule has 0 saturated heterocycles. The fourth-order valence-corrected chi connectivity index (χ4v) is 4.36. The molecule has 0 atom stereocenters. The molecule has 2 heterocycles. The van der Waals surface area contributed by atoms with E-state index in [4.69, 9.17) is 4.98 Å². The van der Waals surface area contributed by atoms with E-state index in [0.29, 0.717) is 12.2 Å². The second kappa shape index (κ2) is 10.2. The Morgan fingerprint density at radius 3 is 2.34 bits per heavy atom. The zero-order valence-corrected chi connectivity index (χ0v) is 19.4. The third kappa shape index (κ3) is 4.97. The smallest absolute Gasteiger partial charge is 0.280 e. The number of carbonyl (C=O) groups excluding carboxylic acids is 1. The van der Waals surface area contributed by atoms with Crippen molar-refractivity contribution in [3.05, 3.63) is 41.2 Å². The predicted octanol–water partition coefficient (Wildman–Crippen LogP) is 4.54. The number of benzene rings is 1. The molecule has 0 spiro atoms. The van der Waals surface area contributed by atoms with E-state index in [1.54, 1.807) is 27.0 Å². The summed E-state index contributed by atoms with van der Waals surface area (Å²) in [6.07, 6.45) is 1.85. The average molecular weight is 436 g/mol. The van der Waals surface area contributed by atoms with Gasteiger partial charge in [-0.3, -0.25) is 14.4 Å². The first kappa shape index (κ1) is 23.3. The Labute approximate surface area is 182 Å². The zero-order chi connectivity index (χ0) is 20.3. The fourth-order valence-electron chi connectivity index (χ4n) is 3.22. The number of hydrogen-bond acceptors (Lipinski definition) is 5. The number of hydrogen-bond donors (Lipinski definition) is 0. The highest BCUT2D eigenvalue weighted by Gasteiger charge is 2.24. The lowest BCUT2D eigenvalue weighted by Crippen LogP contribution is -2.39. The first-order valence-corrected chi connectivity index (χ1v) is 10.7. The van der Waals surface area contributed by atoms with Crippen molar-refractivity contribution < 1.29 is 4.79 Å². The van der Waals surface area contributed by atoms with Crippen LogP contribution in [0.15, 0.2) is 24.4 Å². The van der Waals surface area contributed by atoms with Crippen molar-refractivity contribution >= 4 is 45.0 Å². The summed E-state index contributed by atoms with van der Waals surface area (Å²) in [7, 11) is 0. The van der Waals surface area contributed by atoms with Crippen LogP contribution in [0.2, 0.25) is 0 Å². The molecule has 3 rings (SSSR count). The number of thiazole rings is 1. The summed E-state index contributed by atoms with van der Waals surface area (Å²) in [6.45, 7) is 14.5. The van der Waals surface area contributed by atoms with Gasteiger partial charge in [-0.15, -0.1) is 12.4 Å². The standard InChI is InChI=1S/C21H29N5OS.ClH/c1-6-24(7-2)13-14-26(20(27)17-11-12-25(8-3)23-17)21-22-18-15(4)9-10-16(5)19(18)28-21;/h9-12H,6-8,13-14H2,1-5H3;1H. The quantitative estimate of drug-likeness (QED) is 0.521. The summed E-state index contributed by atoms with van der Waals surface area (Å²) in [6, 6.07) is 6.00. The van der Waals surface area contributed by atoms with E-state index in [9.17, 15) is 4.79 Å². The summed E-state index contributed by atoms with van der Waals surface area (Å²) in [5, 5.41) is 5.17. The van der Waals surface area contributed by atoms with Crippen molar-refractivity contribution in [2.75, 3.05) is 31.1 Å². The molecule has 0 fully saturated rings. The largest absolute Gasteiger partial charge is 0.302 e. The minimum absolute atomic E-state index is 0. The Morgan fingerprint density at radius 1 is 1.07 bits per heavy atom. The van der Waals surface area contributed by atoms with E-state index >= 15 is 0 Å². The zero-order valence-electron chi connectivity index (χ0n) is 17.8. The molecule has 0 aliphatic carbocycles. The first-order valence-electron chi connectivity index (χ1n) is 9.92. The number of carbonyl (C=O) groups is 1. The Hall–Kier alpha value is -1.96. The molecule has 2 aromatic heterocycles. The molecular weight excluding hydrogens is 406 g/mol. The lowest BCUT2D eigenvalue weighted by Gasteiger charge is -2.24. The van der Waals surface area contributed by atoms with Gasteiger partial charge in [0.2, 0.25) is 0 Å². The highest BCUT2D eigenvalue weighted by molar-refractivity contribution is 7.22. The molecule has 0 aliphatic rings. The van der Waals surface area contributed by atoms with Gasteiger partial charge in [-0.05, 0) is 51.1 Å². The molecule has 0 aliphatic heterocycles. The molecule has 29 heavy (non-hydrogen) atoms. The second-order valence-corrected chi connectivity index (χ2v) is 7.89. The lowest BCUT2D eigenvalue weighted by molar-refractivity contribution is 0.0978. The monoisotopic (exact) mass is 435 g/mol. The summed E-state index contributed by atoms with van der Waals surface area (Å²) >= 11 is 1.59. The number of halogens is 1. The number of aromatic nitrogens is 3. The highest BCUT2D eigenvalue weighted by Crippen LogP contribution is 2.33. The maximum Gasteiger partial charge on any atom is 0.280 e. The van der Waals surface area contributed by atoms with E-state index in [2.05, 4.69) is 49.8 Å². The van der Waals surface area contributed by atoms with E-state index in [-0.39, 0.29) is 18.3 Å². The Morgan fingerprint density at radius 2 is 1.76 bits per heavy atom. The molecule has 0 unspecified atom stereocenters. The predicted molar refractivity (Wildman–Crippen MR) is 124 cm³/mol. The van der Waals surface area contributed by atoms with Gasteiger partial charge < -0.3 is 4.90 Å². The minimum Gasteiger partial charge on any atom is -0.302 e. The van der Waals surface area contributed by atoms with Crippen LogP contribution in [0, 0.1) is 13.8 Å². The van der Waals surface area contributed by atoms with Gasteiger partial charge >= 0.3 is 0 Å². The van der Waals surface area contributed by atoms with Crippen molar-refractivity contribution in [2.24, 2.45) is 0 Å². The molecular formula is C21H30ClN5OS. The van der Waals surface area contributed by atoms with Gasteiger partial charge in [0.1, 0.15) is 0 Å². The fraction of sp³-hybridized carbons (Fsp3) is 0.476. The summed E-state index contributed by atoms with van der Waals surface area (Å²) < 4.78 is 2.93. The van der Waals surface area contributed by atoms with Crippen LogP contribution < -0.4 is 4.90 Å². The van der Waals surface area contributed by atoms with E-state index < -0.39 is 0 Å². The molecule has 1 amide bonds. The number of aryl methyl sites for hydroxylation is 3. The van der Waals surface area contributed by atoms with Crippen LogP contribution in [-0.2, 0) is 6.54 Å². The number of likely N-dealkylation sites (N-methyl/N-ethyl adjacent to an activating group) is 1. The van der Waals surface area contributed by atoms with E-state index in [0.717, 1.165) is 47.1 Å². The van der Waals surface area contributed by atoms with Gasteiger partial charge in [-0.25, -0.2) is 4.98 Å². The Balaban J connectivity index is 0.00000300. The van der Waals surface area contributed by atoms with Crippen molar-refractivity contribution in [1.29, 1.82) is 0 Å². The van der Waals surface area contributed by atoms with Gasteiger partial charge in [0, 0.05) is 25.8 Å². The molecule has 0 radical (unpaired) electrons. The van der Waals surface area contributed by atoms with Gasteiger partial charge in [-0.2, -0.15) is 5.10 Å². The number of fused-ring (bicyclic) bond motifs is 1. The van der Waals surface area contributed by atoms with Crippen LogP contribution in [-0.4, -0.2) is 51.8 Å². The third-order valence-electron chi connectivity index (χ3n) is 5.12. The van der Waals surface area contributed by atoms with Gasteiger partial charge in [0.05, 0.1) is 10.2 Å². The number of anilines is 1. The SMILES string of the molecule is CCN(CC)CCN(C(=O)c1ccn(CC)n1)c1nc2c(C)ccc(C)c2s1.Cl. The van der Waals surface area contributed by atoms with Crippen LogP contribution in [0.3, 0.4) is 0 Å². The van der Waals surface area contributed by atoms with Crippen molar-refractivity contribution in [3.63, 3.8) is 0 Å². The average Bonchev–Trinajstić information content (AvgIpc) is 3.36. The molecule has 0 bridgehead atoms. The van der Waals surface area contributed by atoms with E-state index in [1.807, 2.05) is 13.1 Å². The Bertz CT molecular complexity index is 924. The molecule has 1 aromatic carbocycles. The second-order valence-electron chi connectivity index (χ2n) is 6.91. The highest BCUT2D eigenvalue weighted by atomic mass is 35.5. The number of rotatable bonds is 8. The van der Waals surface area contributed by atoms with Crippen LogP contribution in [0.4, 0.5) is 5.13 Å². The van der Waals surface area contributed by atoms with Crippen LogP contribution in [0.1, 0.15) is 42.4 Å². The Kier molecular flexibility index (Phi) is 8.19. The molecule has 3 aromatic rings. The number of amides is 1. The van der Waals surface area contributed by atoms with Crippen molar-refractivity contribution in [2.45, 2.75) is 41.2 Å². The first-order chi connectivity index (χ1) is 13.5. The topological polar surface area (TPSA) is 54.3 Å². The molecule has 0 saturated carbocycles. The number of nitrogens with zero attached hydrogens (tertiary/aromatic N) is 5. The molecule has 0 N–H and O–H groups in total. The summed E-state index contributed by atoms with van der Waals surface area (Å²) in [4.78, 5) is 22.3. The maximum absolute atomic E-state index is 13.3. The maximum atomic E-state index is 13.3. The lowest BCUT2D eigenvalue weighted by atomic mass is 10.1. The minimum atomic E-state index is -0.0891. The van der Waals surface area contributed by atoms with Crippen LogP contribution in [0.5, 0.6) is 0 Å². The summed E-state index contributed by atoms with van der Waals surface area (Å²) in [5.41, 5.74) is 3.78. The van der Waals surface area contributed by atoms with Crippen LogP contribution >= 0.6 is 23.7 Å². The molecule has 8 heteroatoms. The molecule has 6 nitrogen and oxygen atoms in total. The van der Waals surface area contributed by atoms with Gasteiger partial charge in [-0.1, -0.05) is 37.3 Å². The van der Waals surface area contributed by atoms with Crippen LogP contribution in [0.25, 0.3) is 10.2 Å².